The van der Waals surface area contributed by atoms with E-state index in [1.807, 2.05) is 0 Å². The third-order valence-corrected chi connectivity index (χ3v) is 4.63. The molecule has 2 amide bonds. The molecule has 1 aromatic carbocycles. The van der Waals surface area contributed by atoms with Crippen LogP contribution in [-0.4, -0.2) is 48.7 Å². The fourth-order valence-electron chi connectivity index (χ4n) is 3.04. The Morgan fingerprint density at radius 1 is 1.30 bits per heavy atom. The molecule has 3 rings (SSSR count). The Hall–Kier alpha value is -2.74. The number of hydrogen-bond donors (Lipinski definition) is 1. The van der Waals surface area contributed by atoms with Gasteiger partial charge in [-0.3, -0.25) is 9.59 Å². The number of esters is 1. The van der Waals surface area contributed by atoms with E-state index < -0.39 is 30.4 Å². The Balaban J connectivity index is 1.55. The van der Waals surface area contributed by atoms with Gasteiger partial charge < -0.3 is 24.8 Å². The molecule has 144 valence electrons. The highest BCUT2D eigenvalue weighted by Crippen LogP contribution is 2.40. The standard InChI is InChI=1S/C18H19ClN2O6/c19-12-7-11(8-14-17(12)27-10-26-14)4-5-16(23)25-9-15(22)21-6-2-1-3-13(21)18(20)24/h4-5,7-8,13H,1-3,6,9-10H2,(H2,20,24)/b5-4+/t13-/m1/s1. The molecule has 1 aromatic rings. The molecule has 0 aliphatic carbocycles. The van der Waals surface area contributed by atoms with Gasteiger partial charge in [0.15, 0.2) is 18.1 Å². The Bertz CT molecular complexity index is 794. The number of primary amides is 1. The molecule has 0 saturated carbocycles. The number of benzene rings is 1. The molecule has 1 saturated heterocycles. The van der Waals surface area contributed by atoms with E-state index in [-0.39, 0.29) is 6.79 Å². The summed E-state index contributed by atoms with van der Waals surface area (Å²) in [5.41, 5.74) is 5.96. The number of carbonyl (C=O) groups is 3. The number of ether oxygens (including phenoxy) is 3. The van der Waals surface area contributed by atoms with E-state index >= 15 is 0 Å². The van der Waals surface area contributed by atoms with Crippen LogP contribution in [-0.2, 0) is 19.1 Å². The minimum Gasteiger partial charge on any atom is -0.454 e. The molecule has 1 fully saturated rings. The maximum Gasteiger partial charge on any atom is 0.331 e. The van der Waals surface area contributed by atoms with Crippen molar-refractivity contribution in [1.82, 2.24) is 4.90 Å². The summed E-state index contributed by atoms with van der Waals surface area (Å²) in [5, 5.41) is 0.371. The molecule has 1 atom stereocenters. The van der Waals surface area contributed by atoms with Crippen molar-refractivity contribution in [1.29, 1.82) is 0 Å². The second-order valence-corrected chi connectivity index (χ2v) is 6.59. The molecule has 0 aromatic heterocycles. The van der Waals surface area contributed by atoms with Crippen LogP contribution < -0.4 is 15.2 Å². The van der Waals surface area contributed by atoms with Crippen LogP contribution in [0.5, 0.6) is 11.5 Å². The van der Waals surface area contributed by atoms with Gasteiger partial charge in [0.05, 0.1) is 5.02 Å². The molecule has 2 heterocycles. The van der Waals surface area contributed by atoms with Gasteiger partial charge in [0, 0.05) is 12.6 Å². The number of carbonyl (C=O) groups excluding carboxylic acids is 3. The fraction of sp³-hybridized carbons (Fsp3) is 0.389. The number of nitrogens with zero attached hydrogens (tertiary/aromatic N) is 1. The zero-order valence-electron chi connectivity index (χ0n) is 14.5. The average Bonchev–Trinajstić information content (AvgIpc) is 3.13. The lowest BCUT2D eigenvalue weighted by Gasteiger charge is -2.33. The van der Waals surface area contributed by atoms with Crippen molar-refractivity contribution in [3.63, 3.8) is 0 Å². The molecule has 2 aliphatic heterocycles. The molecule has 0 bridgehead atoms. The van der Waals surface area contributed by atoms with Crippen LogP contribution in [0.25, 0.3) is 6.08 Å². The highest BCUT2D eigenvalue weighted by molar-refractivity contribution is 6.32. The number of likely N-dealkylation sites (tertiary alicyclic amines) is 1. The van der Waals surface area contributed by atoms with Gasteiger partial charge in [-0.2, -0.15) is 0 Å². The normalized spacial score (nSPS) is 18.6. The summed E-state index contributed by atoms with van der Waals surface area (Å²) >= 11 is 6.08. The first kappa shape index (κ1) is 19.0. The number of halogens is 1. The topological polar surface area (TPSA) is 108 Å². The second kappa shape index (κ2) is 8.30. The minimum atomic E-state index is -0.690. The smallest absolute Gasteiger partial charge is 0.331 e. The maximum absolute atomic E-state index is 12.2. The van der Waals surface area contributed by atoms with Crippen LogP contribution in [0.15, 0.2) is 18.2 Å². The van der Waals surface area contributed by atoms with Crippen LogP contribution in [0.4, 0.5) is 0 Å². The molecule has 2 N–H and O–H groups in total. The molecule has 2 aliphatic rings. The van der Waals surface area contributed by atoms with E-state index in [9.17, 15) is 14.4 Å². The summed E-state index contributed by atoms with van der Waals surface area (Å²) in [5.74, 6) is -0.717. The molecule has 27 heavy (non-hydrogen) atoms. The third-order valence-electron chi connectivity index (χ3n) is 4.35. The van der Waals surface area contributed by atoms with Crippen molar-refractivity contribution in [3.8, 4) is 11.5 Å². The van der Waals surface area contributed by atoms with E-state index in [4.69, 9.17) is 31.5 Å². The average molecular weight is 395 g/mol. The Morgan fingerprint density at radius 2 is 2.11 bits per heavy atom. The quantitative estimate of drug-likeness (QED) is 0.598. The summed E-state index contributed by atoms with van der Waals surface area (Å²) < 4.78 is 15.4. The largest absolute Gasteiger partial charge is 0.454 e. The van der Waals surface area contributed by atoms with Crippen molar-refractivity contribution in [3.05, 3.63) is 28.8 Å². The van der Waals surface area contributed by atoms with Gasteiger partial charge in [0.25, 0.3) is 5.91 Å². The first-order valence-corrected chi connectivity index (χ1v) is 8.86. The Morgan fingerprint density at radius 3 is 2.89 bits per heavy atom. The van der Waals surface area contributed by atoms with Crippen LogP contribution in [0.1, 0.15) is 24.8 Å². The highest BCUT2D eigenvalue weighted by atomic mass is 35.5. The Kier molecular flexibility index (Phi) is 5.85. The summed E-state index contributed by atoms with van der Waals surface area (Å²) in [6.07, 6.45) is 4.82. The highest BCUT2D eigenvalue weighted by Gasteiger charge is 2.30. The van der Waals surface area contributed by atoms with Gasteiger partial charge in [-0.05, 0) is 43.0 Å². The molecule has 9 heteroatoms. The Labute approximate surface area is 160 Å². The van der Waals surface area contributed by atoms with Crippen molar-refractivity contribution in [2.75, 3.05) is 19.9 Å². The fourth-order valence-corrected chi connectivity index (χ4v) is 3.31. The minimum absolute atomic E-state index is 0.0924. The first-order valence-electron chi connectivity index (χ1n) is 8.48. The lowest BCUT2D eigenvalue weighted by molar-refractivity contribution is -0.151. The zero-order chi connectivity index (χ0) is 19.4. The van der Waals surface area contributed by atoms with Gasteiger partial charge >= 0.3 is 5.97 Å². The number of rotatable bonds is 5. The van der Waals surface area contributed by atoms with Crippen LogP contribution in [0.2, 0.25) is 5.02 Å². The molecule has 0 unspecified atom stereocenters. The van der Waals surface area contributed by atoms with E-state index in [2.05, 4.69) is 0 Å². The summed E-state index contributed by atoms with van der Waals surface area (Å²) in [4.78, 5) is 36.9. The second-order valence-electron chi connectivity index (χ2n) is 6.18. The molecule has 0 radical (unpaired) electrons. The van der Waals surface area contributed by atoms with Crippen LogP contribution in [0, 0.1) is 0 Å². The van der Waals surface area contributed by atoms with Gasteiger partial charge in [0.2, 0.25) is 12.7 Å². The van der Waals surface area contributed by atoms with E-state index in [1.165, 1.54) is 17.1 Å². The lowest BCUT2D eigenvalue weighted by Crippen LogP contribution is -2.51. The van der Waals surface area contributed by atoms with Crippen molar-refractivity contribution >= 4 is 35.5 Å². The van der Waals surface area contributed by atoms with Crippen molar-refractivity contribution in [2.24, 2.45) is 5.73 Å². The van der Waals surface area contributed by atoms with E-state index in [0.717, 1.165) is 12.8 Å². The van der Waals surface area contributed by atoms with Gasteiger partial charge in [0.1, 0.15) is 6.04 Å². The summed E-state index contributed by atoms with van der Waals surface area (Å²) in [6, 6.07) is 2.65. The molecule has 8 nitrogen and oxygen atoms in total. The number of amides is 2. The number of piperidine rings is 1. The molecule has 0 spiro atoms. The SMILES string of the molecule is NC(=O)[C@H]1CCCCN1C(=O)COC(=O)/C=C/c1cc(Cl)c2c(c1)OCO2. The van der Waals surface area contributed by atoms with Crippen molar-refractivity contribution < 1.29 is 28.6 Å². The first-order chi connectivity index (χ1) is 13.0. The van der Waals surface area contributed by atoms with Crippen LogP contribution >= 0.6 is 11.6 Å². The number of fused-ring (bicyclic) bond motifs is 1. The van der Waals surface area contributed by atoms with Gasteiger partial charge in [-0.1, -0.05) is 11.6 Å². The van der Waals surface area contributed by atoms with E-state index in [1.54, 1.807) is 12.1 Å². The summed E-state index contributed by atoms with van der Waals surface area (Å²) in [7, 11) is 0. The molecular formula is C18H19ClN2O6. The number of nitrogens with two attached hydrogens (primary N) is 1. The monoisotopic (exact) mass is 394 g/mol. The lowest BCUT2D eigenvalue weighted by atomic mass is 10.0. The third kappa shape index (κ3) is 4.51. The van der Waals surface area contributed by atoms with Gasteiger partial charge in [-0.25, -0.2) is 4.79 Å². The maximum atomic E-state index is 12.2. The van der Waals surface area contributed by atoms with Crippen molar-refractivity contribution in [2.45, 2.75) is 25.3 Å². The summed E-state index contributed by atoms with van der Waals surface area (Å²) in [6.45, 7) is 0.0690. The van der Waals surface area contributed by atoms with Gasteiger partial charge in [-0.15, -0.1) is 0 Å². The number of hydrogen-bond acceptors (Lipinski definition) is 6. The van der Waals surface area contributed by atoms with Crippen LogP contribution in [0.3, 0.4) is 0 Å². The van der Waals surface area contributed by atoms with E-state index in [0.29, 0.717) is 35.1 Å². The zero-order valence-corrected chi connectivity index (χ0v) is 15.2. The molecular weight excluding hydrogens is 376 g/mol. The predicted octanol–water partition coefficient (Wildman–Crippen LogP) is 1.49. The predicted molar refractivity (Wildman–Crippen MR) is 96.1 cm³/mol.